The van der Waals surface area contributed by atoms with Gasteiger partial charge in [0.1, 0.15) is 5.82 Å². The molecule has 1 aromatic rings. The van der Waals surface area contributed by atoms with Crippen LogP contribution in [0, 0.1) is 9.39 Å². The molecule has 1 aliphatic rings. The predicted molar refractivity (Wildman–Crippen MR) is 93.1 cm³/mol. The van der Waals surface area contributed by atoms with E-state index in [1.807, 2.05) is 35.6 Å². The van der Waals surface area contributed by atoms with Crippen molar-refractivity contribution in [3.8, 4) is 0 Å². The molecule has 0 aromatic heterocycles. The van der Waals surface area contributed by atoms with Gasteiger partial charge in [-0.05, 0) is 53.6 Å². The molecule has 1 heterocycles. The van der Waals surface area contributed by atoms with Crippen molar-refractivity contribution in [2.45, 2.75) is 19.4 Å². The van der Waals surface area contributed by atoms with Crippen LogP contribution >= 0.6 is 22.6 Å². The maximum atomic E-state index is 13.3. The Bertz CT molecular complexity index is 604. The zero-order chi connectivity index (χ0) is 17.6. The maximum Gasteiger partial charge on any atom is 0.328 e. The predicted octanol–water partition coefficient (Wildman–Crippen LogP) is 1.85. The molecule has 126 valence electrons. The molecule has 0 radical (unpaired) electrons. The Morgan fingerprint density at radius 2 is 1.96 bits per heavy atom. The highest BCUT2D eigenvalue weighted by Crippen LogP contribution is 2.31. The van der Waals surface area contributed by atoms with Crippen molar-refractivity contribution in [2.24, 2.45) is 5.73 Å². The van der Waals surface area contributed by atoms with Gasteiger partial charge in [0.2, 0.25) is 0 Å². The van der Waals surface area contributed by atoms with Gasteiger partial charge in [0.05, 0.1) is 3.57 Å². The fourth-order valence-electron chi connectivity index (χ4n) is 2.13. The van der Waals surface area contributed by atoms with Crippen LogP contribution in [-0.4, -0.2) is 41.3 Å². The first kappa shape index (κ1) is 19.4. The van der Waals surface area contributed by atoms with Crippen LogP contribution in [0.4, 0.5) is 10.1 Å². The number of fused-ring (bicyclic) bond motifs is 1. The number of carboxylic acid groups (broad SMARTS) is 2. The molecule has 0 aliphatic carbocycles. The summed E-state index contributed by atoms with van der Waals surface area (Å²) in [5.74, 6) is -2.63. The Kier molecular flexibility index (Phi) is 7.43. The number of nitrogens with zero attached hydrogens (tertiary/aromatic N) is 1. The number of halogens is 2. The monoisotopic (exact) mass is 436 g/mol. The topological polar surface area (TPSA) is 104 Å². The SMILES string of the molecule is C[C@H](N)CN1CCc2cc(F)c(I)cc21.O=C(O)/C=C/C(=O)O. The lowest BCUT2D eigenvalue weighted by molar-refractivity contribution is -0.134. The lowest BCUT2D eigenvalue weighted by atomic mass is 10.1. The summed E-state index contributed by atoms with van der Waals surface area (Å²) in [6.45, 7) is 3.79. The van der Waals surface area contributed by atoms with Crippen LogP contribution in [0.3, 0.4) is 0 Å². The van der Waals surface area contributed by atoms with Crippen molar-refractivity contribution < 1.29 is 24.2 Å². The summed E-state index contributed by atoms with van der Waals surface area (Å²) in [5.41, 5.74) is 8.04. The lowest BCUT2D eigenvalue weighted by Gasteiger charge is -2.21. The molecule has 0 unspecified atom stereocenters. The minimum atomic E-state index is -1.26. The highest BCUT2D eigenvalue weighted by atomic mass is 127. The zero-order valence-electron chi connectivity index (χ0n) is 12.5. The van der Waals surface area contributed by atoms with E-state index in [0.717, 1.165) is 30.8 Å². The molecule has 6 nitrogen and oxygen atoms in total. The van der Waals surface area contributed by atoms with E-state index >= 15 is 0 Å². The van der Waals surface area contributed by atoms with Crippen LogP contribution < -0.4 is 10.6 Å². The number of anilines is 1. The van der Waals surface area contributed by atoms with Crippen molar-refractivity contribution in [3.05, 3.63) is 39.2 Å². The summed E-state index contributed by atoms with van der Waals surface area (Å²) in [7, 11) is 0. The van der Waals surface area contributed by atoms with E-state index in [1.54, 1.807) is 6.07 Å². The van der Waals surface area contributed by atoms with Gasteiger partial charge in [0, 0.05) is 37.0 Å². The van der Waals surface area contributed by atoms with Crippen molar-refractivity contribution in [1.82, 2.24) is 0 Å². The Hall–Kier alpha value is -1.68. The van der Waals surface area contributed by atoms with Gasteiger partial charge in [-0.15, -0.1) is 0 Å². The van der Waals surface area contributed by atoms with Crippen LogP contribution in [0.5, 0.6) is 0 Å². The quantitative estimate of drug-likeness (QED) is 0.492. The van der Waals surface area contributed by atoms with E-state index in [0.29, 0.717) is 15.7 Å². The van der Waals surface area contributed by atoms with E-state index < -0.39 is 11.9 Å². The van der Waals surface area contributed by atoms with Gasteiger partial charge < -0.3 is 20.8 Å². The summed E-state index contributed by atoms with van der Waals surface area (Å²) in [6.07, 6.45) is 2.04. The Balaban J connectivity index is 0.000000284. The van der Waals surface area contributed by atoms with Crippen LogP contribution in [0.25, 0.3) is 0 Å². The minimum Gasteiger partial charge on any atom is -0.478 e. The van der Waals surface area contributed by atoms with E-state index in [-0.39, 0.29) is 11.9 Å². The Morgan fingerprint density at radius 1 is 1.39 bits per heavy atom. The molecular formula is C15H18FIN2O4. The van der Waals surface area contributed by atoms with Gasteiger partial charge in [-0.1, -0.05) is 0 Å². The molecule has 0 saturated heterocycles. The summed E-state index contributed by atoms with van der Waals surface area (Å²) >= 11 is 2.03. The van der Waals surface area contributed by atoms with E-state index in [1.165, 1.54) is 0 Å². The number of carbonyl (C=O) groups is 2. The first-order chi connectivity index (χ1) is 10.7. The van der Waals surface area contributed by atoms with Crippen LogP contribution in [0.15, 0.2) is 24.3 Å². The van der Waals surface area contributed by atoms with E-state index in [9.17, 15) is 14.0 Å². The molecule has 2 rings (SSSR count). The minimum absolute atomic E-state index is 0.114. The average Bonchev–Trinajstić information content (AvgIpc) is 2.79. The molecule has 0 fully saturated rings. The summed E-state index contributed by atoms with van der Waals surface area (Å²) in [4.78, 5) is 21.3. The van der Waals surface area contributed by atoms with E-state index in [2.05, 4.69) is 4.90 Å². The first-order valence-electron chi connectivity index (χ1n) is 6.83. The number of rotatable bonds is 4. The highest BCUT2D eigenvalue weighted by Gasteiger charge is 2.21. The largest absolute Gasteiger partial charge is 0.478 e. The summed E-state index contributed by atoms with van der Waals surface area (Å²) in [5, 5.41) is 15.6. The average molecular weight is 436 g/mol. The number of hydrogen-bond donors (Lipinski definition) is 3. The number of aliphatic carboxylic acids is 2. The second kappa shape index (κ2) is 8.82. The van der Waals surface area contributed by atoms with Crippen LogP contribution in [0.1, 0.15) is 12.5 Å². The summed E-state index contributed by atoms with van der Waals surface area (Å²) in [6, 6.07) is 3.72. The lowest BCUT2D eigenvalue weighted by Crippen LogP contribution is -2.34. The molecule has 8 heteroatoms. The smallest absolute Gasteiger partial charge is 0.328 e. The standard InChI is InChI=1S/C11H14FIN2.C4H4O4/c1-7(14)6-15-3-2-8-4-9(12)10(13)5-11(8)15;5-3(6)1-2-4(7)8/h4-5,7H,2-3,6,14H2,1H3;1-2H,(H,5,6)(H,7,8)/b;2-1+/t7-;/m0./s1. The molecule has 23 heavy (non-hydrogen) atoms. The van der Waals surface area contributed by atoms with Crippen molar-refractivity contribution >= 4 is 40.2 Å². The number of hydrogen-bond acceptors (Lipinski definition) is 4. The van der Waals surface area contributed by atoms with Gasteiger partial charge in [-0.2, -0.15) is 0 Å². The van der Waals surface area contributed by atoms with Crippen molar-refractivity contribution in [2.75, 3.05) is 18.0 Å². The second-order valence-electron chi connectivity index (χ2n) is 5.08. The summed E-state index contributed by atoms with van der Waals surface area (Å²) < 4.78 is 14.0. The molecular weight excluding hydrogens is 418 g/mol. The third kappa shape index (κ3) is 6.53. The molecule has 0 bridgehead atoms. The first-order valence-corrected chi connectivity index (χ1v) is 7.91. The van der Waals surface area contributed by atoms with E-state index in [4.69, 9.17) is 15.9 Å². The molecule has 4 N–H and O–H groups in total. The van der Waals surface area contributed by atoms with Crippen LogP contribution in [0.2, 0.25) is 0 Å². The van der Waals surface area contributed by atoms with Crippen molar-refractivity contribution in [3.63, 3.8) is 0 Å². The third-order valence-electron chi connectivity index (χ3n) is 2.99. The number of benzene rings is 1. The molecule has 1 aromatic carbocycles. The molecule has 0 amide bonds. The second-order valence-corrected chi connectivity index (χ2v) is 6.24. The molecule has 1 atom stereocenters. The third-order valence-corrected chi connectivity index (χ3v) is 3.82. The van der Waals surface area contributed by atoms with Crippen molar-refractivity contribution in [1.29, 1.82) is 0 Å². The molecule has 1 aliphatic heterocycles. The maximum absolute atomic E-state index is 13.3. The number of carboxylic acids is 2. The molecule has 0 spiro atoms. The van der Waals surface area contributed by atoms with Gasteiger partial charge in [-0.3, -0.25) is 0 Å². The van der Waals surface area contributed by atoms with Gasteiger partial charge >= 0.3 is 11.9 Å². The zero-order valence-corrected chi connectivity index (χ0v) is 14.7. The van der Waals surface area contributed by atoms with Gasteiger partial charge in [0.15, 0.2) is 0 Å². The van der Waals surface area contributed by atoms with Crippen LogP contribution in [-0.2, 0) is 16.0 Å². The fourth-order valence-corrected chi connectivity index (χ4v) is 2.58. The molecule has 0 saturated carbocycles. The fraction of sp³-hybridized carbons (Fsp3) is 0.333. The van der Waals surface area contributed by atoms with Gasteiger partial charge in [-0.25, -0.2) is 14.0 Å². The normalized spacial score (nSPS) is 14.2. The highest BCUT2D eigenvalue weighted by molar-refractivity contribution is 14.1. The van der Waals surface area contributed by atoms with Gasteiger partial charge in [0.25, 0.3) is 0 Å². The Morgan fingerprint density at radius 3 is 2.43 bits per heavy atom. The Labute approximate surface area is 146 Å². The number of nitrogens with two attached hydrogens (primary N) is 1.